The van der Waals surface area contributed by atoms with Crippen molar-refractivity contribution in [3.05, 3.63) is 52.1 Å². The van der Waals surface area contributed by atoms with E-state index in [2.05, 4.69) is 14.6 Å². The SMILES string of the molecule is O=C(c1cnc(OCC(F)(F)F)c(Cl)c1)N1CCN(c2ccc(Cl)cc2)CC1. The standard InChI is InChI=1S/C18H16Cl2F3N3O2/c19-13-1-3-14(4-2-13)25-5-7-26(8-6-25)17(27)12-9-15(20)16(24-10-12)28-11-18(21,22)23/h1-4,9-10H,5-8,11H2. The van der Waals surface area contributed by atoms with E-state index in [0.717, 1.165) is 5.69 Å². The van der Waals surface area contributed by atoms with Gasteiger partial charge >= 0.3 is 6.18 Å². The zero-order valence-electron chi connectivity index (χ0n) is 14.5. The number of nitrogens with zero attached hydrogens (tertiary/aromatic N) is 3. The van der Waals surface area contributed by atoms with Crippen molar-refractivity contribution in [1.29, 1.82) is 0 Å². The molecular formula is C18H16Cl2F3N3O2. The van der Waals surface area contributed by atoms with Gasteiger partial charge in [-0.05, 0) is 30.3 Å². The van der Waals surface area contributed by atoms with Gasteiger partial charge in [-0.25, -0.2) is 4.98 Å². The number of alkyl halides is 3. The number of rotatable bonds is 4. The minimum absolute atomic E-state index is 0.144. The molecule has 1 aromatic heterocycles. The third-order valence-corrected chi connectivity index (χ3v) is 4.71. The molecule has 1 fully saturated rings. The Kier molecular flexibility index (Phi) is 6.20. The molecule has 1 aliphatic rings. The molecule has 2 aromatic rings. The zero-order chi connectivity index (χ0) is 20.3. The maximum atomic E-state index is 12.6. The monoisotopic (exact) mass is 433 g/mol. The van der Waals surface area contributed by atoms with Crippen molar-refractivity contribution in [3.63, 3.8) is 0 Å². The average Bonchev–Trinajstić information content (AvgIpc) is 2.66. The van der Waals surface area contributed by atoms with E-state index in [1.54, 1.807) is 4.90 Å². The molecule has 1 aromatic carbocycles. The number of carbonyl (C=O) groups excluding carboxylic acids is 1. The van der Waals surface area contributed by atoms with Crippen LogP contribution in [-0.4, -0.2) is 54.8 Å². The fraction of sp³-hybridized carbons (Fsp3) is 0.333. The number of carbonyl (C=O) groups is 1. The van der Waals surface area contributed by atoms with E-state index in [0.29, 0.717) is 31.2 Å². The predicted octanol–water partition coefficient (Wildman–Crippen LogP) is 4.29. The molecule has 0 atom stereocenters. The second-order valence-corrected chi connectivity index (χ2v) is 7.01. The Morgan fingerprint density at radius 3 is 2.32 bits per heavy atom. The summed E-state index contributed by atoms with van der Waals surface area (Å²) >= 11 is 11.8. The highest BCUT2D eigenvalue weighted by atomic mass is 35.5. The van der Waals surface area contributed by atoms with Crippen molar-refractivity contribution >= 4 is 34.8 Å². The minimum atomic E-state index is -4.50. The first-order valence-electron chi connectivity index (χ1n) is 8.38. The topological polar surface area (TPSA) is 45.7 Å². The summed E-state index contributed by atoms with van der Waals surface area (Å²) in [6, 6.07) is 8.73. The number of anilines is 1. The molecule has 0 aliphatic carbocycles. The van der Waals surface area contributed by atoms with Crippen molar-refractivity contribution in [2.75, 3.05) is 37.7 Å². The van der Waals surface area contributed by atoms with Gasteiger partial charge < -0.3 is 14.5 Å². The largest absolute Gasteiger partial charge is 0.467 e. The number of hydrogen-bond donors (Lipinski definition) is 0. The van der Waals surface area contributed by atoms with E-state index in [-0.39, 0.29) is 22.4 Å². The third-order valence-electron chi connectivity index (χ3n) is 4.19. The minimum Gasteiger partial charge on any atom is -0.467 e. The molecular weight excluding hydrogens is 418 g/mol. The van der Waals surface area contributed by atoms with Crippen LogP contribution in [0.5, 0.6) is 5.88 Å². The normalized spacial score (nSPS) is 14.9. The number of amides is 1. The number of ether oxygens (including phenoxy) is 1. The van der Waals surface area contributed by atoms with Crippen LogP contribution in [0.4, 0.5) is 18.9 Å². The predicted molar refractivity (Wildman–Crippen MR) is 100 cm³/mol. The van der Waals surface area contributed by atoms with Crippen LogP contribution in [0, 0.1) is 0 Å². The maximum absolute atomic E-state index is 12.6. The van der Waals surface area contributed by atoms with Crippen LogP contribution >= 0.6 is 23.2 Å². The second-order valence-electron chi connectivity index (χ2n) is 6.17. The molecule has 2 heterocycles. The molecule has 1 amide bonds. The maximum Gasteiger partial charge on any atom is 0.422 e. The summed E-state index contributed by atoms with van der Waals surface area (Å²) < 4.78 is 41.2. The molecule has 0 radical (unpaired) electrons. The first kappa shape index (κ1) is 20.5. The number of benzene rings is 1. The summed E-state index contributed by atoms with van der Waals surface area (Å²) in [5.41, 5.74) is 1.22. The Bertz CT molecular complexity index is 839. The Hall–Kier alpha value is -2.19. The molecule has 0 spiro atoms. The van der Waals surface area contributed by atoms with Crippen molar-refractivity contribution < 1.29 is 22.7 Å². The lowest BCUT2D eigenvalue weighted by Crippen LogP contribution is -2.48. The van der Waals surface area contributed by atoms with Gasteiger partial charge in [0.05, 0.1) is 5.56 Å². The lowest BCUT2D eigenvalue weighted by molar-refractivity contribution is -0.154. The van der Waals surface area contributed by atoms with E-state index >= 15 is 0 Å². The molecule has 0 bridgehead atoms. The first-order chi connectivity index (χ1) is 13.2. The number of halogens is 5. The zero-order valence-corrected chi connectivity index (χ0v) is 16.1. The van der Waals surface area contributed by atoms with Gasteiger partial charge in [0.1, 0.15) is 5.02 Å². The van der Waals surface area contributed by atoms with Gasteiger partial charge in [-0.2, -0.15) is 13.2 Å². The van der Waals surface area contributed by atoms with Crippen LogP contribution in [0.2, 0.25) is 10.0 Å². The van der Waals surface area contributed by atoms with E-state index in [1.807, 2.05) is 24.3 Å². The molecule has 5 nitrogen and oxygen atoms in total. The molecule has 3 rings (SSSR count). The van der Waals surface area contributed by atoms with Crippen molar-refractivity contribution in [1.82, 2.24) is 9.88 Å². The summed E-state index contributed by atoms with van der Waals surface area (Å²) in [6.45, 7) is 0.763. The number of hydrogen-bond acceptors (Lipinski definition) is 4. The number of aromatic nitrogens is 1. The number of pyridine rings is 1. The van der Waals surface area contributed by atoms with Gasteiger partial charge in [-0.1, -0.05) is 23.2 Å². The molecule has 0 N–H and O–H groups in total. The fourth-order valence-corrected chi connectivity index (χ4v) is 3.15. The van der Waals surface area contributed by atoms with Crippen LogP contribution in [0.3, 0.4) is 0 Å². The van der Waals surface area contributed by atoms with Gasteiger partial charge in [-0.15, -0.1) is 0 Å². The molecule has 0 unspecified atom stereocenters. The average molecular weight is 434 g/mol. The molecule has 10 heteroatoms. The second kappa shape index (κ2) is 8.45. The molecule has 28 heavy (non-hydrogen) atoms. The summed E-state index contributed by atoms with van der Waals surface area (Å²) in [7, 11) is 0. The molecule has 150 valence electrons. The van der Waals surface area contributed by atoms with E-state index in [9.17, 15) is 18.0 Å². The summed E-state index contributed by atoms with van der Waals surface area (Å²) in [5.74, 6) is -0.643. The van der Waals surface area contributed by atoms with Crippen molar-refractivity contribution in [3.8, 4) is 5.88 Å². The van der Waals surface area contributed by atoms with Crippen molar-refractivity contribution in [2.24, 2.45) is 0 Å². The molecule has 0 saturated carbocycles. The first-order valence-corrected chi connectivity index (χ1v) is 9.13. The van der Waals surface area contributed by atoms with Crippen LogP contribution in [0.15, 0.2) is 36.5 Å². The van der Waals surface area contributed by atoms with Gasteiger partial charge in [0, 0.05) is 43.1 Å². The highest BCUT2D eigenvalue weighted by molar-refractivity contribution is 6.32. The van der Waals surface area contributed by atoms with E-state index < -0.39 is 12.8 Å². The lowest BCUT2D eigenvalue weighted by Gasteiger charge is -2.36. The smallest absolute Gasteiger partial charge is 0.422 e. The summed E-state index contributed by atoms with van der Waals surface area (Å²) in [6.07, 6.45) is -3.32. The van der Waals surface area contributed by atoms with Gasteiger partial charge in [0.15, 0.2) is 6.61 Å². The quantitative estimate of drug-likeness (QED) is 0.721. The highest BCUT2D eigenvalue weighted by Crippen LogP contribution is 2.26. The Morgan fingerprint density at radius 1 is 1.11 bits per heavy atom. The summed E-state index contributed by atoms with van der Waals surface area (Å²) in [4.78, 5) is 20.2. The van der Waals surface area contributed by atoms with Crippen LogP contribution < -0.4 is 9.64 Å². The van der Waals surface area contributed by atoms with Gasteiger partial charge in [0.25, 0.3) is 5.91 Å². The van der Waals surface area contributed by atoms with Gasteiger partial charge in [0.2, 0.25) is 5.88 Å². The van der Waals surface area contributed by atoms with Crippen LogP contribution in [0.25, 0.3) is 0 Å². The van der Waals surface area contributed by atoms with E-state index in [4.69, 9.17) is 23.2 Å². The van der Waals surface area contributed by atoms with Crippen LogP contribution in [0.1, 0.15) is 10.4 Å². The van der Waals surface area contributed by atoms with Gasteiger partial charge in [-0.3, -0.25) is 4.79 Å². The fourth-order valence-electron chi connectivity index (χ4n) is 2.80. The van der Waals surface area contributed by atoms with Crippen LogP contribution in [-0.2, 0) is 0 Å². The third kappa shape index (κ3) is 5.20. The van der Waals surface area contributed by atoms with Crippen molar-refractivity contribution in [2.45, 2.75) is 6.18 Å². The number of piperazine rings is 1. The highest BCUT2D eigenvalue weighted by Gasteiger charge is 2.29. The Labute approximate surface area is 169 Å². The summed E-state index contributed by atoms with van der Waals surface area (Å²) in [5, 5.41) is 0.513. The Morgan fingerprint density at radius 2 is 1.75 bits per heavy atom. The molecule has 1 saturated heterocycles. The lowest BCUT2D eigenvalue weighted by atomic mass is 10.2. The molecule has 1 aliphatic heterocycles. The Balaban J connectivity index is 1.60. The van der Waals surface area contributed by atoms with E-state index in [1.165, 1.54) is 12.3 Å².